The van der Waals surface area contributed by atoms with E-state index in [0.717, 1.165) is 12.4 Å². The minimum Gasteiger partial charge on any atom is -0.464 e. The summed E-state index contributed by atoms with van der Waals surface area (Å²) < 4.78 is 6.54. The summed E-state index contributed by atoms with van der Waals surface area (Å²) in [5.74, 6) is 0.712. The molecule has 16 heavy (non-hydrogen) atoms. The van der Waals surface area contributed by atoms with E-state index >= 15 is 0 Å². The lowest BCUT2D eigenvalue weighted by Gasteiger charge is -2.12. The van der Waals surface area contributed by atoms with Gasteiger partial charge < -0.3 is 15.0 Å². The number of ether oxygens (including phenoxy) is 1. The molecule has 0 atom stereocenters. The van der Waals surface area contributed by atoms with Gasteiger partial charge in [0.15, 0.2) is 5.69 Å². The van der Waals surface area contributed by atoms with E-state index in [-0.39, 0.29) is 5.69 Å². The number of imidazole rings is 1. The van der Waals surface area contributed by atoms with E-state index in [9.17, 15) is 4.79 Å². The van der Waals surface area contributed by atoms with Gasteiger partial charge in [-0.3, -0.25) is 0 Å². The van der Waals surface area contributed by atoms with Crippen molar-refractivity contribution in [1.29, 1.82) is 0 Å². The SMILES string of the molecule is COC(=O)c1nc(C)n(CC2(C)CC2)c1N. The number of aryl methyl sites for hydroxylation is 1. The summed E-state index contributed by atoms with van der Waals surface area (Å²) in [6, 6.07) is 0. The summed E-state index contributed by atoms with van der Waals surface area (Å²) in [5.41, 5.74) is 6.47. The standard InChI is InChI=1S/C11H17N3O2/c1-7-13-8(10(15)16-3)9(12)14(7)6-11(2)4-5-11/h4-6,12H2,1-3H3. The lowest BCUT2D eigenvalue weighted by Crippen LogP contribution is -2.13. The Hall–Kier alpha value is -1.52. The van der Waals surface area contributed by atoms with Crippen LogP contribution in [0.4, 0.5) is 5.82 Å². The third kappa shape index (κ3) is 1.77. The molecule has 0 radical (unpaired) electrons. The number of hydrogen-bond donors (Lipinski definition) is 1. The number of nitrogens with two attached hydrogens (primary N) is 1. The van der Waals surface area contributed by atoms with E-state index in [0.29, 0.717) is 11.2 Å². The van der Waals surface area contributed by atoms with Crippen LogP contribution in [-0.4, -0.2) is 22.6 Å². The van der Waals surface area contributed by atoms with Crippen LogP contribution in [0.1, 0.15) is 36.1 Å². The monoisotopic (exact) mass is 223 g/mol. The second kappa shape index (κ2) is 3.50. The maximum absolute atomic E-state index is 11.4. The fourth-order valence-electron chi connectivity index (χ4n) is 1.78. The van der Waals surface area contributed by atoms with E-state index in [1.807, 2.05) is 11.5 Å². The van der Waals surface area contributed by atoms with Crippen molar-refractivity contribution in [3.63, 3.8) is 0 Å². The zero-order valence-corrected chi connectivity index (χ0v) is 9.91. The van der Waals surface area contributed by atoms with Crippen LogP contribution >= 0.6 is 0 Å². The van der Waals surface area contributed by atoms with Crippen molar-refractivity contribution in [2.45, 2.75) is 33.2 Å². The zero-order chi connectivity index (χ0) is 11.9. The van der Waals surface area contributed by atoms with Crippen LogP contribution in [0.15, 0.2) is 0 Å². The predicted molar refractivity (Wildman–Crippen MR) is 60.1 cm³/mol. The Balaban J connectivity index is 2.31. The molecule has 2 N–H and O–H groups in total. The zero-order valence-electron chi connectivity index (χ0n) is 9.91. The number of carbonyl (C=O) groups excluding carboxylic acids is 1. The molecule has 1 aliphatic carbocycles. The molecule has 1 aromatic heterocycles. The van der Waals surface area contributed by atoms with Crippen molar-refractivity contribution in [2.75, 3.05) is 12.8 Å². The van der Waals surface area contributed by atoms with E-state index in [1.54, 1.807) is 0 Å². The average molecular weight is 223 g/mol. The molecule has 0 amide bonds. The van der Waals surface area contributed by atoms with Crippen LogP contribution in [-0.2, 0) is 11.3 Å². The Morgan fingerprint density at radius 3 is 2.75 bits per heavy atom. The number of methoxy groups -OCH3 is 1. The van der Waals surface area contributed by atoms with E-state index in [1.165, 1.54) is 20.0 Å². The van der Waals surface area contributed by atoms with Crippen LogP contribution < -0.4 is 5.73 Å². The van der Waals surface area contributed by atoms with Gasteiger partial charge in [0, 0.05) is 6.54 Å². The first-order valence-corrected chi connectivity index (χ1v) is 5.38. The summed E-state index contributed by atoms with van der Waals surface area (Å²) in [7, 11) is 1.33. The van der Waals surface area contributed by atoms with Gasteiger partial charge in [-0.05, 0) is 25.2 Å². The molecule has 1 aromatic rings. The van der Waals surface area contributed by atoms with Crippen LogP contribution in [0.2, 0.25) is 0 Å². The van der Waals surface area contributed by atoms with Gasteiger partial charge in [-0.15, -0.1) is 0 Å². The molecule has 0 aliphatic heterocycles. The molecule has 0 unspecified atom stereocenters. The van der Waals surface area contributed by atoms with Crippen LogP contribution in [0.3, 0.4) is 0 Å². The summed E-state index contributed by atoms with van der Waals surface area (Å²) in [6.45, 7) is 4.90. The third-order valence-corrected chi connectivity index (χ3v) is 3.22. The summed E-state index contributed by atoms with van der Waals surface area (Å²) in [6.07, 6.45) is 2.41. The van der Waals surface area contributed by atoms with E-state index in [4.69, 9.17) is 5.73 Å². The van der Waals surface area contributed by atoms with Crippen LogP contribution in [0.25, 0.3) is 0 Å². The number of nitrogen functional groups attached to an aromatic ring is 1. The maximum Gasteiger partial charge on any atom is 0.360 e. The van der Waals surface area contributed by atoms with Gasteiger partial charge in [0.25, 0.3) is 0 Å². The highest BCUT2D eigenvalue weighted by Crippen LogP contribution is 2.47. The fourth-order valence-corrected chi connectivity index (χ4v) is 1.78. The molecule has 1 saturated carbocycles. The minimum atomic E-state index is -0.472. The van der Waals surface area contributed by atoms with Gasteiger partial charge in [0.2, 0.25) is 0 Å². The van der Waals surface area contributed by atoms with Crippen LogP contribution in [0, 0.1) is 12.3 Å². The number of anilines is 1. The van der Waals surface area contributed by atoms with Gasteiger partial charge in [-0.25, -0.2) is 9.78 Å². The van der Waals surface area contributed by atoms with Crippen molar-refractivity contribution < 1.29 is 9.53 Å². The molecule has 2 rings (SSSR count). The highest BCUT2D eigenvalue weighted by molar-refractivity contribution is 5.92. The summed E-state index contributed by atoms with van der Waals surface area (Å²) in [5, 5.41) is 0. The molecule has 88 valence electrons. The number of esters is 1. The quantitative estimate of drug-likeness (QED) is 0.785. The molecule has 1 aliphatic rings. The number of hydrogen-bond acceptors (Lipinski definition) is 4. The Bertz CT molecular complexity index is 433. The normalized spacial score (nSPS) is 17.2. The van der Waals surface area contributed by atoms with Gasteiger partial charge in [0.1, 0.15) is 11.6 Å². The fraction of sp³-hybridized carbons (Fsp3) is 0.636. The highest BCUT2D eigenvalue weighted by Gasteiger charge is 2.38. The molecular formula is C11H17N3O2. The molecule has 1 heterocycles. The molecule has 1 fully saturated rings. The van der Waals surface area contributed by atoms with Crippen LogP contribution in [0.5, 0.6) is 0 Å². The molecule has 5 nitrogen and oxygen atoms in total. The van der Waals surface area contributed by atoms with Crippen molar-refractivity contribution in [2.24, 2.45) is 5.41 Å². The summed E-state index contributed by atoms with van der Waals surface area (Å²) >= 11 is 0. The Morgan fingerprint density at radius 2 is 2.25 bits per heavy atom. The van der Waals surface area contributed by atoms with Crippen molar-refractivity contribution in [1.82, 2.24) is 9.55 Å². The topological polar surface area (TPSA) is 70.1 Å². The predicted octanol–water partition coefficient (Wildman–Crippen LogP) is 1.36. The second-order valence-electron chi connectivity index (χ2n) is 4.78. The van der Waals surface area contributed by atoms with Gasteiger partial charge >= 0.3 is 5.97 Å². The van der Waals surface area contributed by atoms with Crippen molar-refractivity contribution in [3.8, 4) is 0 Å². The van der Waals surface area contributed by atoms with Crippen molar-refractivity contribution in [3.05, 3.63) is 11.5 Å². The first kappa shape index (κ1) is 11.0. The molecule has 0 aromatic carbocycles. The van der Waals surface area contributed by atoms with Gasteiger partial charge in [0.05, 0.1) is 7.11 Å². The number of rotatable bonds is 3. The lowest BCUT2D eigenvalue weighted by atomic mass is 10.1. The second-order valence-corrected chi connectivity index (χ2v) is 4.78. The van der Waals surface area contributed by atoms with E-state index < -0.39 is 5.97 Å². The van der Waals surface area contributed by atoms with E-state index in [2.05, 4.69) is 16.6 Å². The largest absolute Gasteiger partial charge is 0.464 e. The number of carbonyl (C=O) groups is 1. The van der Waals surface area contributed by atoms with Gasteiger partial charge in [-0.2, -0.15) is 0 Å². The first-order chi connectivity index (χ1) is 7.47. The Labute approximate surface area is 94.6 Å². The minimum absolute atomic E-state index is 0.226. The molecule has 0 saturated heterocycles. The maximum atomic E-state index is 11.4. The first-order valence-electron chi connectivity index (χ1n) is 5.38. The third-order valence-electron chi connectivity index (χ3n) is 3.22. The number of nitrogens with zero attached hydrogens (tertiary/aromatic N) is 2. The summed E-state index contributed by atoms with van der Waals surface area (Å²) in [4.78, 5) is 15.6. The lowest BCUT2D eigenvalue weighted by molar-refractivity contribution is 0.0595. The number of aromatic nitrogens is 2. The Kier molecular flexibility index (Phi) is 2.40. The Morgan fingerprint density at radius 1 is 1.62 bits per heavy atom. The highest BCUT2D eigenvalue weighted by atomic mass is 16.5. The van der Waals surface area contributed by atoms with Gasteiger partial charge in [-0.1, -0.05) is 6.92 Å². The molecular weight excluding hydrogens is 206 g/mol. The molecule has 5 heteroatoms. The molecule has 0 bridgehead atoms. The van der Waals surface area contributed by atoms with Crippen molar-refractivity contribution >= 4 is 11.8 Å². The molecule has 0 spiro atoms. The smallest absolute Gasteiger partial charge is 0.360 e. The average Bonchev–Trinajstić information content (AvgIpc) is 2.92.